The van der Waals surface area contributed by atoms with E-state index in [4.69, 9.17) is 13.6 Å². The zero-order valence-electron chi connectivity index (χ0n) is 21.4. The van der Waals surface area contributed by atoms with Crippen molar-refractivity contribution in [3.8, 4) is 0 Å². The Hall–Kier alpha value is -1.76. The Morgan fingerprint density at radius 2 is 1.38 bits per heavy atom. The van der Waals surface area contributed by atoms with E-state index in [1.54, 1.807) is 0 Å². The number of ether oxygens (including phenoxy) is 1. The van der Waals surface area contributed by atoms with Gasteiger partial charge in [0.1, 0.15) is 0 Å². The van der Waals surface area contributed by atoms with Crippen LogP contribution in [0.4, 0.5) is 0 Å². The van der Waals surface area contributed by atoms with E-state index in [0.29, 0.717) is 41.6 Å². The van der Waals surface area contributed by atoms with Crippen molar-refractivity contribution in [1.82, 2.24) is 20.4 Å². The molecule has 3 aliphatic carbocycles. The molecule has 2 aromatic rings. The Morgan fingerprint density at radius 3 is 2.00 bits per heavy atom. The molecule has 3 saturated carbocycles. The van der Waals surface area contributed by atoms with Crippen LogP contribution in [0.25, 0.3) is 0 Å². The Balaban J connectivity index is 1.16. The van der Waals surface area contributed by atoms with Crippen LogP contribution >= 0.6 is 0 Å². The quantitative estimate of drug-likeness (QED) is 0.452. The van der Waals surface area contributed by atoms with Gasteiger partial charge in [0.2, 0.25) is 23.6 Å². The van der Waals surface area contributed by atoms with Gasteiger partial charge in [0.25, 0.3) is 0 Å². The van der Waals surface area contributed by atoms with Gasteiger partial charge in [0, 0.05) is 31.3 Å². The predicted molar refractivity (Wildman–Crippen MR) is 128 cm³/mol. The monoisotopic (exact) mass is 470 g/mol. The number of aryl methyl sites for hydroxylation is 1. The lowest BCUT2D eigenvalue weighted by Gasteiger charge is -2.40. The highest BCUT2D eigenvalue weighted by atomic mass is 16.5. The first-order chi connectivity index (χ1) is 16.4. The first kappa shape index (κ1) is 24.0. The van der Waals surface area contributed by atoms with E-state index in [-0.39, 0.29) is 0 Å². The van der Waals surface area contributed by atoms with Crippen LogP contribution in [0.2, 0.25) is 0 Å². The highest BCUT2D eigenvalue weighted by molar-refractivity contribution is 5.04. The molecule has 2 heterocycles. The normalized spacial score (nSPS) is 34.3. The van der Waals surface area contributed by atoms with Gasteiger partial charge in [0.05, 0.1) is 6.10 Å². The molecule has 0 aromatic carbocycles. The first-order valence-corrected chi connectivity index (χ1v) is 13.7. The molecule has 3 fully saturated rings. The molecule has 0 bridgehead atoms. The van der Waals surface area contributed by atoms with Crippen molar-refractivity contribution in [2.24, 2.45) is 23.7 Å². The maximum Gasteiger partial charge on any atom is 0.219 e. The van der Waals surface area contributed by atoms with Gasteiger partial charge in [-0.1, -0.05) is 20.8 Å². The van der Waals surface area contributed by atoms with Gasteiger partial charge in [-0.3, -0.25) is 0 Å². The van der Waals surface area contributed by atoms with Crippen molar-refractivity contribution in [1.29, 1.82) is 0 Å². The Morgan fingerprint density at radius 1 is 0.765 bits per heavy atom. The lowest BCUT2D eigenvalue weighted by atomic mass is 9.65. The summed E-state index contributed by atoms with van der Waals surface area (Å²) in [6, 6.07) is 0. The summed E-state index contributed by atoms with van der Waals surface area (Å²) < 4.78 is 18.3. The summed E-state index contributed by atoms with van der Waals surface area (Å²) in [6.45, 7) is 9.57. The van der Waals surface area contributed by atoms with Crippen molar-refractivity contribution < 1.29 is 13.6 Å². The maximum atomic E-state index is 6.36. The van der Waals surface area contributed by atoms with Crippen LogP contribution in [0.5, 0.6) is 0 Å². The van der Waals surface area contributed by atoms with Gasteiger partial charge in [-0.2, -0.15) is 0 Å². The van der Waals surface area contributed by atoms with Crippen LogP contribution < -0.4 is 0 Å². The van der Waals surface area contributed by atoms with Gasteiger partial charge in [-0.25, -0.2) is 0 Å². The Labute approximate surface area is 203 Å². The van der Waals surface area contributed by atoms with Crippen LogP contribution in [0.3, 0.4) is 0 Å². The molecule has 7 unspecified atom stereocenters. The largest absolute Gasteiger partial charge is 0.425 e. The van der Waals surface area contributed by atoms with Crippen molar-refractivity contribution >= 4 is 0 Å². The molecule has 188 valence electrons. The smallest absolute Gasteiger partial charge is 0.219 e. The molecule has 0 N–H and O–H groups in total. The molecule has 0 spiro atoms. The topological polar surface area (TPSA) is 87.1 Å². The average molecular weight is 471 g/mol. The van der Waals surface area contributed by atoms with Gasteiger partial charge >= 0.3 is 0 Å². The summed E-state index contributed by atoms with van der Waals surface area (Å²) in [5.41, 5.74) is 0. The third-order valence-corrected chi connectivity index (χ3v) is 8.61. The summed E-state index contributed by atoms with van der Waals surface area (Å²) >= 11 is 0. The number of fused-ring (bicyclic) bond motifs is 1. The van der Waals surface area contributed by atoms with Crippen LogP contribution in [-0.2, 0) is 4.74 Å². The standard InChI is InChI=1S/C27H42N4O3/c1-16(2)9-10-32-24-12-17(3)11-23(15-24)27-31-30-26(34-27)22-8-6-19-13-21(7-5-20(19)14-22)25-29-28-18(4)33-25/h16-17,19-24H,5-15H2,1-4H3. The fourth-order valence-corrected chi connectivity index (χ4v) is 6.74. The van der Waals surface area contributed by atoms with E-state index in [1.165, 1.54) is 25.7 Å². The van der Waals surface area contributed by atoms with Gasteiger partial charge < -0.3 is 13.6 Å². The van der Waals surface area contributed by atoms with E-state index in [9.17, 15) is 0 Å². The molecule has 7 atom stereocenters. The minimum Gasteiger partial charge on any atom is -0.425 e. The first-order valence-electron chi connectivity index (χ1n) is 13.7. The summed E-state index contributed by atoms with van der Waals surface area (Å²) in [7, 11) is 0. The van der Waals surface area contributed by atoms with Gasteiger partial charge in [-0.15, -0.1) is 20.4 Å². The van der Waals surface area contributed by atoms with Crippen molar-refractivity contribution in [3.05, 3.63) is 23.6 Å². The van der Waals surface area contributed by atoms with E-state index in [0.717, 1.165) is 74.6 Å². The number of hydrogen-bond acceptors (Lipinski definition) is 7. The van der Waals surface area contributed by atoms with E-state index < -0.39 is 0 Å². The number of hydrogen-bond donors (Lipinski definition) is 0. The summed E-state index contributed by atoms with van der Waals surface area (Å²) in [6.07, 6.45) is 11.8. The predicted octanol–water partition coefficient (Wildman–Crippen LogP) is 6.56. The van der Waals surface area contributed by atoms with Gasteiger partial charge in [-0.05, 0) is 87.9 Å². The molecule has 0 amide bonds. The summed E-state index contributed by atoms with van der Waals surface area (Å²) in [4.78, 5) is 0. The third-order valence-electron chi connectivity index (χ3n) is 8.61. The molecule has 7 nitrogen and oxygen atoms in total. The molecule has 0 saturated heterocycles. The second-order valence-corrected chi connectivity index (χ2v) is 11.9. The molecular weight excluding hydrogens is 428 g/mol. The number of rotatable bonds is 7. The molecule has 0 aliphatic heterocycles. The van der Waals surface area contributed by atoms with Crippen LogP contribution in [0.15, 0.2) is 8.83 Å². The number of aromatic nitrogens is 4. The van der Waals surface area contributed by atoms with Crippen LogP contribution in [-0.4, -0.2) is 33.1 Å². The Kier molecular flexibility index (Phi) is 7.38. The SMILES string of the molecule is Cc1nnc(C2CCC3CC(c4nnc(C5CC(C)CC(OCCC(C)C)C5)o4)CCC3C2)o1. The third kappa shape index (κ3) is 5.55. The highest BCUT2D eigenvalue weighted by Gasteiger charge is 2.40. The summed E-state index contributed by atoms with van der Waals surface area (Å²) in [5.74, 6) is 7.20. The molecule has 0 radical (unpaired) electrons. The van der Waals surface area contributed by atoms with Crippen LogP contribution in [0.1, 0.15) is 126 Å². The molecule has 7 heteroatoms. The molecule has 3 aliphatic rings. The minimum atomic E-state index is 0.316. The molecule has 2 aromatic heterocycles. The minimum absolute atomic E-state index is 0.316. The Bertz CT molecular complexity index is 925. The van der Waals surface area contributed by atoms with Crippen LogP contribution in [0, 0.1) is 30.6 Å². The maximum absolute atomic E-state index is 6.36. The zero-order valence-corrected chi connectivity index (χ0v) is 21.4. The second kappa shape index (κ2) is 10.5. The molecule has 5 rings (SSSR count). The lowest BCUT2D eigenvalue weighted by Crippen LogP contribution is -2.30. The van der Waals surface area contributed by atoms with Crippen molar-refractivity contribution in [2.45, 2.75) is 116 Å². The van der Waals surface area contributed by atoms with Crippen molar-refractivity contribution in [2.75, 3.05) is 6.61 Å². The van der Waals surface area contributed by atoms with E-state index >= 15 is 0 Å². The molecular formula is C27H42N4O3. The van der Waals surface area contributed by atoms with E-state index in [2.05, 4.69) is 41.2 Å². The fraction of sp³-hybridized carbons (Fsp3) is 0.852. The molecule has 34 heavy (non-hydrogen) atoms. The lowest BCUT2D eigenvalue weighted by molar-refractivity contribution is 0.00164. The zero-order chi connectivity index (χ0) is 23.7. The fourth-order valence-electron chi connectivity index (χ4n) is 6.74. The average Bonchev–Trinajstić information content (AvgIpc) is 3.47. The summed E-state index contributed by atoms with van der Waals surface area (Å²) in [5, 5.41) is 17.4. The highest BCUT2D eigenvalue weighted by Crippen LogP contribution is 2.49. The van der Waals surface area contributed by atoms with E-state index in [1.807, 2.05) is 6.92 Å². The van der Waals surface area contributed by atoms with Gasteiger partial charge in [0.15, 0.2) is 0 Å². The second-order valence-electron chi connectivity index (χ2n) is 11.9. The van der Waals surface area contributed by atoms with Crippen molar-refractivity contribution in [3.63, 3.8) is 0 Å². The number of nitrogens with zero attached hydrogens (tertiary/aromatic N) is 4.